The Morgan fingerprint density at radius 1 is 1.64 bits per heavy atom. The summed E-state index contributed by atoms with van der Waals surface area (Å²) < 4.78 is 16.7. The molecule has 1 aromatic rings. The fourth-order valence-electron chi connectivity index (χ4n) is 0.762. The van der Waals surface area contributed by atoms with Gasteiger partial charge in [0, 0.05) is 0 Å². The van der Waals surface area contributed by atoms with Crippen LogP contribution in [0.25, 0.3) is 0 Å². The van der Waals surface area contributed by atoms with E-state index < -0.39 is 6.67 Å². The van der Waals surface area contributed by atoms with E-state index in [-0.39, 0.29) is 18.4 Å². The SMILES string of the molecule is Cl.N[C@H](CCF)c1ccco1. The molecule has 0 saturated heterocycles. The largest absolute Gasteiger partial charge is 0.468 e. The molecule has 0 spiro atoms. The Kier molecular flexibility index (Phi) is 4.90. The third kappa shape index (κ3) is 2.91. The minimum atomic E-state index is -0.401. The average Bonchev–Trinajstić information content (AvgIpc) is 2.38. The van der Waals surface area contributed by atoms with Crippen molar-refractivity contribution in [3.8, 4) is 0 Å². The average molecular weight is 180 g/mol. The Bertz CT molecular complexity index is 179. The molecule has 2 nitrogen and oxygen atoms in total. The lowest BCUT2D eigenvalue weighted by atomic mass is 10.2. The van der Waals surface area contributed by atoms with Gasteiger partial charge >= 0.3 is 0 Å². The van der Waals surface area contributed by atoms with Crippen LogP contribution in [-0.2, 0) is 0 Å². The maximum absolute atomic E-state index is 11.7. The van der Waals surface area contributed by atoms with Gasteiger partial charge in [-0.05, 0) is 18.6 Å². The predicted octanol–water partition coefficient (Wildman–Crippen LogP) is 2.06. The summed E-state index contributed by atoms with van der Waals surface area (Å²) in [4.78, 5) is 0. The molecule has 0 amide bonds. The number of furan rings is 1. The molecule has 64 valence electrons. The van der Waals surface area contributed by atoms with E-state index in [2.05, 4.69) is 0 Å². The Labute approximate surface area is 71.0 Å². The van der Waals surface area contributed by atoms with Crippen molar-refractivity contribution in [2.24, 2.45) is 5.73 Å². The number of hydrogen-bond acceptors (Lipinski definition) is 2. The molecular weight excluding hydrogens is 169 g/mol. The molecule has 0 aliphatic rings. The van der Waals surface area contributed by atoms with E-state index in [1.54, 1.807) is 12.1 Å². The van der Waals surface area contributed by atoms with Crippen molar-refractivity contribution >= 4 is 12.4 Å². The van der Waals surface area contributed by atoms with Crippen LogP contribution >= 0.6 is 12.4 Å². The fourth-order valence-corrected chi connectivity index (χ4v) is 0.762. The van der Waals surface area contributed by atoms with E-state index in [0.717, 1.165) is 0 Å². The molecule has 0 radical (unpaired) electrons. The van der Waals surface area contributed by atoms with Crippen molar-refractivity contribution in [1.82, 2.24) is 0 Å². The van der Waals surface area contributed by atoms with E-state index >= 15 is 0 Å². The summed E-state index contributed by atoms with van der Waals surface area (Å²) in [5.41, 5.74) is 5.52. The van der Waals surface area contributed by atoms with Gasteiger partial charge in [-0.3, -0.25) is 4.39 Å². The second-order valence-electron chi connectivity index (χ2n) is 2.10. The van der Waals surface area contributed by atoms with Gasteiger partial charge in [-0.25, -0.2) is 0 Å². The second kappa shape index (κ2) is 5.16. The lowest BCUT2D eigenvalue weighted by Gasteiger charge is -2.03. The maximum Gasteiger partial charge on any atom is 0.120 e. The van der Waals surface area contributed by atoms with Crippen molar-refractivity contribution < 1.29 is 8.81 Å². The molecular formula is C7H11ClFNO. The van der Waals surface area contributed by atoms with Crippen molar-refractivity contribution in [2.75, 3.05) is 6.67 Å². The van der Waals surface area contributed by atoms with Crippen LogP contribution in [-0.4, -0.2) is 6.67 Å². The van der Waals surface area contributed by atoms with Gasteiger partial charge in [0.15, 0.2) is 0 Å². The zero-order valence-corrected chi connectivity index (χ0v) is 6.81. The van der Waals surface area contributed by atoms with E-state index in [1.807, 2.05) is 0 Å². The number of nitrogens with two attached hydrogens (primary N) is 1. The summed E-state index contributed by atoms with van der Waals surface area (Å²) in [5.74, 6) is 0.651. The summed E-state index contributed by atoms with van der Waals surface area (Å²) in [7, 11) is 0. The number of rotatable bonds is 3. The molecule has 11 heavy (non-hydrogen) atoms. The third-order valence-corrected chi connectivity index (χ3v) is 1.33. The van der Waals surface area contributed by atoms with E-state index in [0.29, 0.717) is 12.2 Å². The molecule has 0 bridgehead atoms. The zero-order valence-electron chi connectivity index (χ0n) is 6.00. The van der Waals surface area contributed by atoms with Gasteiger partial charge in [0.1, 0.15) is 5.76 Å². The van der Waals surface area contributed by atoms with Crippen LogP contribution in [0.1, 0.15) is 18.2 Å². The van der Waals surface area contributed by atoms with Crippen molar-refractivity contribution in [3.05, 3.63) is 24.2 Å². The molecule has 2 N–H and O–H groups in total. The molecule has 0 unspecified atom stereocenters. The quantitative estimate of drug-likeness (QED) is 0.772. The predicted molar refractivity (Wildman–Crippen MR) is 43.5 cm³/mol. The highest BCUT2D eigenvalue weighted by atomic mass is 35.5. The van der Waals surface area contributed by atoms with Crippen molar-refractivity contribution in [2.45, 2.75) is 12.5 Å². The Hall–Kier alpha value is -0.540. The first-order valence-corrected chi connectivity index (χ1v) is 3.19. The first-order valence-electron chi connectivity index (χ1n) is 3.19. The Morgan fingerprint density at radius 3 is 2.82 bits per heavy atom. The third-order valence-electron chi connectivity index (χ3n) is 1.33. The van der Waals surface area contributed by atoms with Gasteiger partial charge < -0.3 is 10.2 Å². The van der Waals surface area contributed by atoms with Crippen LogP contribution in [0, 0.1) is 0 Å². The summed E-state index contributed by atoms with van der Waals surface area (Å²) in [5, 5.41) is 0. The highest BCUT2D eigenvalue weighted by molar-refractivity contribution is 5.85. The van der Waals surface area contributed by atoms with Crippen molar-refractivity contribution in [1.29, 1.82) is 0 Å². The molecule has 1 aromatic heterocycles. The molecule has 4 heteroatoms. The van der Waals surface area contributed by atoms with Gasteiger partial charge in [0.05, 0.1) is 19.0 Å². The van der Waals surface area contributed by atoms with Gasteiger partial charge in [-0.15, -0.1) is 12.4 Å². The van der Waals surface area contributed by atoms with Crippen LogP contribution in [0.3, 0.4) is 0 Å². The number of halogens is 2. The van der Waals surface area contributed by atoms with E-state index in [1.165, 1.54) is 6.26 Å². The van der Waals surface area contributed by atoms with Crippen molar-refractivity contribution in [3.63, 3.8) is 0 Å². The highest BCUT2D eigenvalue weighted by Crippen LogP contribution is 2.13. The molecule has 0 aliphatic heterocycles. The van der Waals surface area contributed by atoms with E-state index in [4.69, 9.17) is 10.2 Å². The molecule has 0 aromatic carbocycles. The van der Waals surface area contributed by atoms with Gasteiger partial charge in [-0.1, -0.05) is 0 Å². The zero-order chi connectivity index (χ0) is 7.40. The molecule has 1 atom stereocenters. The lowest BCUT2D eigenvalue weighted by molar-refractivity contribution is 0.397. The molecule has 1 rings (SSSR count). The first kappa shape index (κ1) is 10.5. The summed E-state index contributed by atoms with van der Waals surface area (Å²) in [6, 6.07) is 3.20. The summed E-state index contributed by atoms with van der Waals surface area (Å²) >= 11 is 0. The van der Waals surface area contributed by atoms with Gasteiger partial charge in [0.25, 0.3) is 0 Å². The maximum atomic E-state index is 11.7. The molecule has 0 aliphatic carbocycles. The minimum Gasteiger partial charge on any atom is -0.468 e. The minimum absolute atomic E-state index is 0. The monoisotopic (exact) mass is 179 g/mol. The topological polar surface area (TPSA) is 39.2 Å². The molecule has 0 saturated carbocycles. The Morgan fingerprint density at radius 2 is 2.36 bits per heavy atom. The smallest absolute Gasteiger partial charge is 0.120 e. The summed E-state index contributed by atoms with van der Waals surface area (Å²) in [6.07, 6.45) is 1.86. The normalized spacial score (nSPS) is 12.2. The number of hydrogen-bond donors (Lipinski definition) is 1. The van der Waals surface area contributed by atoms with Gasteiger partial charge in [0.2, 0.25) is 0 Å². The number of alkyl halides is 1. The first-order chi connectivity index (χ1) is 4.84. The van der Waals surface area contributed by atoms with Gasteiger partial charge in [-0.2, -0.15) is 0 Å². The van der Waals surface area contributed by atoms with Crippen LogP contribution in [0.5, 0.6) is 0 Å². The standard InChI is InChI=1S/C7H10FNO.ClH/c8-4-3-6(9)7-2-1-5-10-7;/h1-2,5-6H,3-4,9H2;1H/t6-;/m1./s1. The second-order valence-corrected chi connectivity index (χ2v) is 2.10. The van der Waals surface area contributed by atoms with E-state index in [9.17, 15) is 4.39 Å². The van der Waals surface area contributed by atoms with Crippen LogP contribution < -0.4 is 5.73 Å². The van der Waals surface area contributed by atoms with Crippen LogP contribution in [0.2, 0.25) is 0 Å². The highest BCUT2D eigenvalue weighted by Gasteiger charge is 2.06. The summed E-state index contributed by atoms with van der Waals surface area (Å²) in [6.45, 7) is -0.401. The van der Waals surface area contributed by atoms with Crippen LogP contribution in [0.4, 0.5) is 4.39 Å². The van der Waals surface area contributed by atoms with Crippen LogP contribution in [0.15, 0.2) is 22.8 Å². The Balaban J connectivity index is 0.000001000. The fraction of sp³-hybridized carbons (Fsp3) is 0.429. The molecule has 1 heterocycles. The molecule has 0 fully saturated rings. The lowest BCUT2D eigenvalue weighted by Crippen LogP contribution is -2.09.